The third kappa shape index (κ3) is 3.02. The molecule has 0 N–H and O–H groups in total. The third-order valence-corrected chi connectivity index (χ3v) is 4.34. The fourth-order valence-electron chi connectivity index (χ4n) is 1.57. The lowest BCUT2D eigenvalue weighted by Gasteiger charge is -2.04. The summed E-state index contributed by atoms with van der Waals surface area (Å²) in [6.07, 6.45) is 3.33. The Morgan fingerprint density at radius 3 is 2.80 bits per heavy atom. The summed E-state index contributed by atoms with van der Waals surface area (Å²) in [5, 5.41) is 10.6. The largest absolute Gasteiger partial charge is 0.496 e. The smallest absolute Gasteiger partial charge is 0.270 e. The lowest BCUT2D eigenvalue weighted by atomic mass is 10.1. The van der Waals surface area contributed by atoms with Crippen molar-refractivity contribution in [2.75, 3.05) is 13.4 Å². The number of nitro benzene ring substituents is 1. The van der Waals surface area contributed by atoms with Gasteiger partial charge in [0, 0.05) is 17.7 Å². The lowest BCUT2D eigenvalue weighted by molar-refractivity contribution is -0.384. The van der Waals surface area contributed by atoms with E-state index in [1.807, 2.05) is 6.26 Å². The number of nitro groups is 1. The Bertz CT molecular complexity index is 640. The summed E-state index contributed by atoms with van der Waals surface area (Å²) in [6, 6.07) is 4.20. The van der Waals surface area contributed by atoms with Gasteiger partial charge in [-0.05, 0) is 30.2 Å². The molecule has 0 radical (unpaired) electrons. The minimum absolute atomic E-state index is 0.0650. The van der Waals surface area contributed by atoms with Crippen molar-refractivity contribution in [2.45, 2.75) is 0 Å². The number of ether oxygens (including phenoxy) is 1. The van der Waals surface area contributed by atoms with Crippen LogP contribution in [-0.4, -0.2) is 27.8 Å². The van der Waals surface area contributed by atoms with Crippen molar-refractivity contribution in [3.63, 3.8) is 0 Å². The number of hydrogen-bond donors (Lipinski definition) is 0. The van der Waals surface area contributed by atoms with Crippen LogP contribution >= 0.6 is 23.5 Å². The van der Waals surface area contributed by atoms with Crippen molar-refractivity contribution in [3.8, 4) is 5.75 Å². The minimum atomic E-state index is -0.497. The van der Waals surface area contributed by atoms with Crippen LogP contribution in [0.5, 0.6) is 5.75 Å². The highest BCUT2D eigenvalue weighted by molar-refractivity contribution is 8.45. The number of methoxy groups -OCH3 is 1. The van der Waals surface area contributed by atoms with E-state index in [9.17, 15) is 14.9 Å². The van der Waals surface area contributed by atoms with Gasteiger partial charge in [0.05, 0.1) is 12.0 Å². The number of non-ortho nitro benzene ring substituents is 1. The van der Waals surface area contributed by atoms with Gasteiger partial charge in [-0.25, -0.2) is 4.99 Å². The Balaban J connectivity index is 2.46. The predicted molar refractivity (Wildman–Crippen MR) is 81.2 cm³/mol. The molecule has 1 aliphatic rings. The molecule has 0 spiro atoms. The van der Waals surface area contributed by atoms with Crippen LogP contribution in [0, 0.1) is 10.1 Å². The molecule has 1 aromatic carbocycles. The minimum Gasteiger partial charge on any atom is -0.496 e. The molecule has 0 bridgehead atoms. The quantitative estimate of drug-likeness (QED) is 0.485. The van der Waals surface area contributed by atoms with Crippen LogP contribution in [0.2, 0.25) is 0 Å². The van der Waals surface area contributed by atoms with E-state index < -0.39 is 4.92 Å². The maximum atomic E-state index is 11.8. The van der Waals surface area contributed by atoms with Crippen molar-refractivity contribution >= 4 is 44.8 Å². The molecule has 8 heteroatoms. The van der Waals surface area contributed by atoms with Gasteiger partial charge in [-0.2, -0.15) is 0 Å². The fourth-order valence-corrected chi connectivity index (χ4v) is 2.83. The molecule has 1 aromatic rings. The number of nitrogens with zero attached hydrogens (tertiary/aromatic N) is 2. The molecule has 20 heavy (non-hydrogen) atoms. The second-order valence-electron chi connectivity index (χ2n) is 3.68. The summed E-state index contributed by atoms with van der Waals surface area (Å²) in [6.45, 7) is 0. The van der Waals surface area contributed by atoms with E-state index in [1.165, 1.54) is 43.1 Å². The van der Waals surface area contributed by atoms with Gasteiger partial charge in [0.1, 0.15) is 15.8 Å². The second kappa shape index (κ2) is 6.10. The zero-order chi connectivity index (χ0) is 14.7. The molecule has 0 aliphatic carbocycles. The van der Waals surface area contributed by atoms with E-state index in [0.29, 0.717) is 15.7 Å². The van der Waals surface area contributed by atoms with Gasteiger partial charge in [0.25, 0.3) is 5.69 Å². The molecule has 0 aromatic heterocycles. The van der Waals surface area contributed by atoms with E-state index >= 15 is 0 Å². The topological polar surface area (TPSA) is 81.8 Å². The van der Waals surface area contributed by atoms with Crippen LogP contribution in [0.15, 0.2) is 28.9 Å². The molecule has 1 heterocycles. The van der Waals surface area contributed by atoms with Gasteiger partial charge in [-0.15, -0.1) is 11.8 Å². The first-order valence-corrected chi connectivity index (χ1v) is 7.48. The van der Waals surface area contributed by atoms with Crippen molar-refractivity contribution in [2.24, 2.45) is 4.99 Å². The Kier molecular flexibility index (Phi) is 4.46. The highest BCUT2D eigenvalue weighted by Crippen LogP contribution is 2.32. The first-order chi connectivity index (χ1) is 9.55. The number of rotatable bonds is 3. The molecule has 0 fully saturated rings. The summed E-state index contributed by atoms with van der Waals surface area (Å²) in [4.78, 5) is 26.2. The van der Waals surface area contributed by atoms with Gasteiger partial charge in [-0.3, -0.25) is 14.9 Å². The summed E-state index contributed by atoms with van der Waals surface area (Å²) in [7, 11) is 1.46. The Labute approximate surface area is 123 Å². The van der Waals surface area contributed by atoms with Crippen molar-refractivity contribution in [3.05, 3.63) is 39.6 Å². The van der Waals surface area contributed by atoms with Crippen LogP contribution in [-0.2, 0) is 4.79 Å². The molecule has 0 amide bonds. The fraction of sp³-hybridized carbons (Fsp3) is 0.167. The van der Waals surface area contributed by atoms with Crippen LogP contribution in [0.4, 0.5) is 5.69 Å². The maximum Gasteiger partial charge on any atom is 0.270 e. The summed E-state index contributed by atoms with van der Waals surface area (Å²) in [5.74, 6) is 0.453. The molecule has 0 saturated heterocycles. The normalized spacial score (nSPS) is 16.4. The summed E-state index contributed by atoms with van der Waals surface area (Å²) < 4.78 is 5.80. The van der Waals surface area contributed by atoms with Gasteiger partial charge in [0.2, 0.25) is 5.12 Å². The zero-order valence-electron chi connectivity index (χ0n) is 10.7. The molecule has 0 unspecified atom stereocenters. The van der Waals surface area contributed by atoms with Crippen LogP contribution in [0.1, 0.15) is 5.56 Å². The average Bonchev–Trinajstić information content (AvgIpc) is 2.79. The number of thioether (sulfide) groups is 2. The number of carbonyl (C=O) groups is 1. The van der Waals surface area contributed by atoms with Gasteiger partial charge >= 0.3 is 0 Å². The highest BCUT2D eigenvalue weighted by Gasteiger charge is 2.22. The monoisotopic (exact) mass is 310 g/mol. The number of hydrogen-bond acceptors (Lipinski definition) is 7. The van der Waals surface area contributed by atoms with Crippen molar-refractivity contribution in [1.82, 2.24) is 0 Å². The zero-order valence-corrected chi connectivity index (χ0v) is 12.3. The van der Waals surface area contributed by atoms with Crippen molar-refractivity contribution in [1.29, 1.82) is 0 Å². The Hall–Kier alpha value is -1.80. The van der Waals surface area contributed by atoms with Crippen LogP contribution < -0.4 is 4.74 Å². The number of benzene rings is 1. The molecule has 0 atom stereocenters. The molecule has 0 saturated carbocycles. The SMILES string of the molecule is COc1ccc([N+](=O)[O-])cc1/C=C1\N=C(SC)SC1=O. The predicted octanol–water partition coefficient (Wildman–Crippen LogP) is 2.94. The standard InChI is InChI=1S/C12H10N2O4S2/c1-18-10-4-3-8(14(16)17)5-7(10)6-9-11(15)20-12(13-9)19-2/h3-6H,1-2H3/b9-6-. The lowest BCUT2D eigenvalue weighted by Crippen LogP contribution is -1.94. The Morgan fingerprint density at radius 2 is 2.25 bits per heavy atom. The molecule has 2 rings (SSSR count). The third-order valence-electron chi connectivity index (χ3n) is 2.49. The maximum absolute atomic E-state index is 11.8. The number of carbonyl (C=O) groups excluding carboxylic acids is 1. The number of aliphatic imine (C=N–C) groups is 1. The van der Waals surface area contributed by atoms with Crippen LogP contribution in [0.3, 0.4) is 0 Å². The first-order valence-electron chi connectivity index (χ1n) is 5.44. The summed E-state index contributed by atoms with van der Waals surface area (Å²) in [5.41, 5.74) is 0.653. The second-order valence-corrected chi connectivity index (χ2v) is 5.70. The van der Waals surface area contributed by atoms with E-state index in [-0.39, 0.29) is 16.5 Å². The summed E-state index contributed by atoms with van der Waals surface area (Å²) >= 11 is 2.43. The van der Waals surface area contributed by atoms with Crippen molar-refractivity contribution < 1.29 is 14.5 Å². The van der Waals surface area contributed by atoms with E-state index in [4.69, 9.17) is 4.74 Å². The van der Waals surface area contributed by atoms with Gasteiger partial charge in [-0.1, -0.05) is 0 Å². The molecular weight excluding hydrogens is 300 g/mol. The molecular formula is C12H10N2O4S2. The average molecular weight is 310 g/mol. The van der Waals surface area contributed by atoms with Crippen LogP contribution in [0.25, 0.3) is 6.08 Å². The molecule has 6 nitrogen and oxygen atoms in total. The van der Waals surface area contributed by atoms with Gasteiger partial charge in [0.15, 0.2) is 0 Å². The van der Waals surface area contributed by atoms with E-state index in [0.717, 1.165) is 11.8 Å². The van der Waals surface area contributed by atoms with E-state index in [1.54, 1.807) is 0 Å². The highest BCUT2D eigenvalue weighted by atomic mass is 32.2. The van der Waals surface area contributed by atoms with E-state index in [2.05, 4.69) is 4.99 Å². The Morgan fingerprint density at radius 1 is 1.50 bits per heavy atom. The molecule has 1 aliphatic heterocycles. The van der Waals surface area contributed by atoms with Gasteiger partial charge < -0.3 is 4.74 Å². The molecule has 104 valence electrons. The first kappa shape index (κ1) is 14.6.